The lowest BCUT2D eigenvalue weighted by Crippen LogP contribution is -2.34. The van der Waals surface area contributed by atoms with Crippen molar-refractivity contribution >= 4 is 16.9 Å². The van der Waals surface area contributed by atoms with E-state index in [0.717, 1.165) is 6.08 Å². The number of rotatable bonds is 5. The summed E-state index contributed by atoms with van der Waals surface area (Å²) in [4.78, 5) is 10.7. The molecule has 0 saturated heterocycles. The average molecular weight is 193 g/mol. The summed E-state index contributed by atoms with van der Waals surface area (Å²) >= 11 is 0. The zero-order chi connectivity index (χ0) is 9.56. The molecule has 0 spiro atoms. The number of amides is 1. The second kappa shape index (κ2) is 5.73. The molecule has 0 aliphatic rings. The maximum atomic E-state index is 10.7. The smallest absolute Gasteiger partial charge is 0.259 e. The van der Waals surface area contributed by atoms with Crippen molar-refractivity contribution in [2.75, 3.05) is 0 Å². The molecule has 0 rings (SSSR count). The minimum Gasteiger partial charge on any atom is -0.326 e. The third-order valence-corrected chi connectivity index (χ3v) is 1.50. The van der Waals surface area contributed by atoms with E-state index in [1.807, 2.05) is 0 Å². The van der Waals surface area contributed by atoms with Crippen LogP contribution in [-0.4, -0.2) is 20.6 Å². The molecule has 6 heteroatoms. The van der Waals surface area contributed by atoms with Crippen LogP contribution in [0.1, 0.15) is 13.3 Å². The van der Waals surface area contributed by atoms with Crippen LogP contribution in [0.5, 0.6) is 0 Å². The quantitative estimate of drug-likeness (QED) is 0.353. The van der Waals surface area contributed by atoms with Crippen molar-refractivity contribution in [1.82, 2.24) is 5.32 Å². The Bertz CT molecular complexity index is 228. The van der Waals surface area contributed by atoms with Gasteiger partial charge < -0.3 is 5.32 Å². The molecule has 5 nitrogen and oxygen atoms in total. The van der Waals surface area contributed by atoms with Crippen molar-refractivity contribution in [3.05, 3.63) is 12.7 Å². The van der Waals surface area contributed by atoms with Crippen LogP contribution in [0.3, 0.4) is 0 Å². The predicted octanol–water partition coefficient (Wildman–Crippen LogP) is -0.432. The molecule has 0 radical (unpaired) electrons. The predicted molar refractivity (Wildman–Crippen MR) is 43.8 cm³/mol. The fourth-order valence-corrected chi connectivity index (χ4v) is 0.934. The van der Waals surface area contributed by atoms with Crippen molar-refractivity contribution in [3.63, 3.8) is 0 Å². The van der Waals surface area contributed by atoms with Gasteiger partial charge in [-0.2, -0.15) is 0 Å². The van der Waals surface area contributed by atoms with Crippen LogP contribution in [0, 0.1) is 0 Å². The third-order valence-electron chi connectivity index (χ3n) is 1.07. The average Bonchev–Trinajstić information content (AvgIpc) is 2.02. The van der Waals surface area contributed by atoms with E-state index in [2.05, 4.69) is 16.1 Å². The fourth-order valence-electron chi connectivity index (χ4n) is 0.524. The van der Waals surface area contributed by atoms with Gasteiger partial charge in [0.15, 0.2) is 0 Å². The van der Waals surface area contributed by atoms with Gasteiger partial charge in [-0.1, -0.05) is 13.5 Å². The third kappa shape index (κ3) is 4.86. The first-order chi connectivity index (χ1) is 5.60. The molecule has 70 valence electrons. The second-order valence-corrected chi connectivity index (χ2v) is 2.60. The van der Waals surface area contributed by atoms with Gasteiger partial charge in [0.05, 0.1) is 0 Å². The monoisotopic (exact) mass is 193 g/mol. The zero-order valence-electron chi connectivity index (χ0n) is 6.65. The molecule has 0 aromatic heterocycles. The standard InChI is InChI=1S/C6H11NO4S/c1-3-5(8)7-6(4-2)11-12(9)10/h3,6,12H,1,4H2,2H3,(H,7,8). The maximum Gasteiger partial charge on any atom is 0.259 e. The fraction of sp³-hybridized carbons (Fsp3) is 0.500. The van der Waals surface area contributed by atoms with Gasteiger partial charge >= 0.3 is 0 Å². The Morgan fingerprint density at radius 1 is 1.75 bits per heavy atom. The highest BCUT2D eigenvalue weighted by atomic mass is 32.2. The van der Waals surface area contributed by atoms with Gasteiger partial charge in [0.1, 0.15) is 6.23 Å². The lowest BCUT2D eigenvalue weighted by Gasteiger charge is -2.11. The first-order valence-corrected chi connectivity index (χ1v) is 4.43. The highest BCUT2D eigenvalue weighted by molar-refractivity contribution is 7.67. The van der Waals surface area contributed by atoms with Crippen molar-refractivity contribution in [2.45, 2.75) is 19.6 Å². The van der Waals surface area contributed by atoms with E-state index < -0.39 is 23.1 Å². The molecule has 0 heterocycles. The van der Waals surface area contributed by atoms with Gasteiger partial charge in [0.25, 0.3) is 11.0 Å². The highest BCUT2D eigenvalue weighted by Gasteiger charge is 2.08. The Labute approximate surface area is 72.6 Å². The van der Waals surface area contributed by atoms with Crippen LogP contribution >= 0.6 is 0 Å². The molecule has 0 aliphatic heterocycles. The zero-order valence-corrected chi connectivity index (χ0v) is 7.54. The minimum absolute atomic E-state index is 0.378. The van der Waals surface area contributed by atoms with Gasteiger partial charge in [-0.05, 0) is 12.5 Å². The number of nitrogens with one attached hydrogen (secondary N) is 1. The summed E-state index contributed by atoms with van der Waals surface area (Å²) in [7, 11) is -2.93. The number of hydrogen-bond donors (Lipinski definition) is 2. The first-order valence-electron chi connectivity index (χ1n) is 3.34. The van der Waals surface area contributed by atoms with Crippen LogP contribution in [0.25, 0.3) is 0 Å². The molecule has 0 saturated carbocycles. The molecule has 1 atom stereocenters. The highest BCUT2D eigenvalue weighted by Crippen LogP contribution is 1.93. The minimum atomic E-state index is -2.93. The SMILES string of the molecule is C=CC(=O)NC(CC)O[SH](=O)=O. The second-order valence-electron chi connectivity index (χ2n) is 1.94. The summed E-state index contributed by atoms with van der Waals surface area (Å²) in [5.74, 6) is -0.460. The van der Waals surface area contributed by atoms with Crippen LogP contribution in [0.2, 0.25) is 0 Å². The Morgan fingerprint density at radius 2 is 2.33 bits per heavy atom. The van der Waals surface area contributed by atoms with Gasteiger partial charge in [0.2, 0.25) is 5.91 Å². The van der Waals surface area contributed by atoms with E-state index in [-0.39, 0.29) is 0 Å². The summed E-state index contributed by atoms with van der Waals surface area (Å²) in [5, 5.41) is 2.28. The van der Waals surface area contributed by atoms with E-state index in [4.69, 9.17) is 0 Å². The number of thiol groups is 1. The Morgan fingerprint density at radius 3 is 2.67 bits per heavy atom. The lowest BCUT2D eigenvalue weighted by molar-refractivity contribution is -0.118. The Hall–Kier alpha value is -0.880. The number of hydrogen-bond acceptors (Lipinski definition) is 4. The summed E-state index contributed by atoms with van der Waals surface area (Å²) < 4.78 is 24.5. The van der Waals surface area contributed by atoms with Crippen LogP contribution in [-0.2, 0) is 20.0 Å². The molecule has 0 bridgehead atoms. The van der Waals surface area contributed by atoms with Crippen molar-refractivity contribution in [3.8, 4) is 0 Å². The normalized spacial score (nSPS) is 12.5. The molecule has 12 heavy (non-hydrogen) atoms. The van der Waals surface area contributed by atoms with Crippen molar-refractivity contribution < 1.29 is 17.4 Å². The van der Waals surface area contributed by atoms with E-state index in [1.165, 1.54) is 0 Å². The maximum absolute atomic E-state index is 10.7. The van der Waals surface area contributed by atoms with Crippen LogP contribution in [0.15, 0.2) is 12.7 Å². The number of carbonyl (C=O) groups is 1. The summed E-state index contributed by atoms with van der Waals surface area (Å²) in [6.07, 6.45) is 0.629. The molecule has 1 N–H and O–H groups in total. The summed E-state index contributed by atoms with van der Waals surface area (Å²) in [6, 6.07) is 0. The summed E-state index contributed by atoms with van der Waals surface area (Å²) in [6.45, 7) is 4.90. The van der Waals surface area contributed by atoms with E-state index >= 15 is 0 Å². The van der Waals surface area contributed by atoms with Gasteiger partial charge in [-0.15, -0.1) is 0 Å². The molecule has 1 unspecified atom stereocenters. The topological polar surface area (TPSA) is 72.5 Å². The van der Waals surface area contributed by atoms with Crippen LogP contribution < -0.4 is 5.32 Å². The van der Waals surface area contributed by atoms with Crippen molar-refractivity contribution in [1.29, 1.82) is 0 Å². The first kappa shape index (κ1) is 11.1. The molecular weight excluding hydrogens is 182 g/mol. The lowest BCUT2D eigenvalue weighted by atomic mass is 10.4. The Kier molecular flexibility index (Phi) is 5.31. The van der Waals surface area contributed by atoms with E-state index in [9.17, 15) is 13.2 Å². The molecule has 0 aliphatic carbocycles. The van der Waals surface area contributed by atoms with Gasteiger partial charge in [0, 0.05) is 0 Å². The largest absolute Gasteiger partial charge is 0.326 e. The van der Waals surface area contributed by atoms with Crippen LogP contribution in [0.4, 0.5) is 0 Å². The molecule has 0 aromatic rings. The molecular formula is C6H11NO4S. The number of carbonyl (C=O) groups excluding carboxylic acids is 1. The summed E-state index contributed by atoms with van der Waals surface area (Å²) in [5.41, 5.74) is 0. The van der Waals surface area contributed by atoms with Crippen molar-refractivity contribution in [2.24, 2.45) is 0 Å². The molecule has 1 amide bonds. The van der Waals surface area contributed by atoms with Gasteiger partial charge in [-0.3, -0.25) is 4.79 Å². The van der Waals surface area contributed by atoms with E-state index in [0.29, 0.717) is 6.42 Å². The van der Waals surface area contributed by atoms with E-state index in [1.54, 1.807) is 6.92 Å². The Balaban J connectivity index is 3.98. The van der Waals surface area contributed by atoms with Gasteiger partial charge in [-0.25, -0.2) is 12.6 Å². The molecule has 0 fully saturated rings. The molecule has 0 aromatic carbocycles.